The van der Waals surface area contributed by atoms with E-state index in [9.17, 15) is 28.1 Å². The lowest BCUT2D eigenvalue weighted by Crippen LogP contribution is -2.32. The highest BCUT2D eigenvalue weighted by atomic mass is 35.5. The van der Waals surface area contributed by atoms with Crippen molar-refractivity contribution in [3.63, 3.8) is 0 Å². The van der Waals surface area contributed by atoms with Gasteiger partial charge in [0.25, 0.3) is 11.6 Å². The number of non-ortho nitro benzene ring substituents is 1. The third-order valence-electron chi connectivity index (χ3n) is 5.04. The molecule has 0 aromatic heterocycles. The van der Waals surface area contributed by atoms with E-state index in [1.165, 1.54) is 40.7 Å². The first-order valence-corrected chi connectivity index (χ1v) is 12.0. The van der Waals surface area contributed by atoms with Gasteiger partial charge in [0, 0.05) is 25.2 Å². The molecule has 0 unspecified atom stereocenters. The SMILES string of the molecule is O=C(COC(=O)c1cccc(S(=O)(=O)N2CCCCCC2)c1)Nc1cc([N+](=O)[O-])ccc1Cl. The number of amides is 1. The molecule has 1 saturated heterocycles. The lowest BCUT2D eigenvalue weighted by atomic mass is 10.2. The van der Waals surface area contributed by atoms with Crippen molar-refractivity contribution in [1.82, 2.24) is 4.31 Å². The van der Waals surface area contributed by atoms with Gasteiger partial charge in [0.05, 0.1) is 26.1 Å². The Bertz CT molecular complexity index is 1160. The monoisotopic (exact) mass is 495 g/mol. The number of nitrogens with one attached hydrogen (secondary N) is 1. The normalized spacial score (nSPS) is 14.8. The van der Waals surface area contributed by atoms with Crippen LogP contribution in [0.3, 0.4) is 0 Å². The Labute approximate surface area is 195 Å². The molecule has 1 amide bonds. The van der Waals surface area contributed by atoms with Gasteiger partial charge < -0.3 is 10.1 Å². The Morgan fingerprint density at radius 2 is 1.79 bits per heavy atom. The highest BCUT2D eigenvalue weighted by Crippen LogP contribution is 2.26. The third kappa shape index (κ3) is 6.28. The highest BCUT2D eigenvalue weighted by molar-refractivity contribution is 7.89. The largest absolute Gasteiger partial charge is 0.452 e. The fourth-order valence-electron chi connectivity index (χ4n) is 3.34. The van der Waals surface area contributed by atoms with Gasteiger partial charge in [-0.1, -0.05) is 30.5 Å². The number of benzene rings is 2. The van der Waals surface area contributed by atoms with E-state index in [1.807, 2.05) is 0 Å². The predicted octanol–water partition coefficient (Wildman–Crippen LogP) is 3.61. The van der Waals surface area contributed by atoms with Crippen molar-refractivity contribution in [3.8, 4) is 0 Å². The van der Waals surface area contributed by atoms with Crippen molar-refractivity contribution in [2.45, 2.75) is 30.6 Å². The van der Waals surface area contributed by atoms with Crippen LogP contribution in [-0.4, -0.2) is 49.2 Å². The molecule has 1 heterocycles. The van der Waals surface area contributed by atoms with E-state index in [-0.39, 0.29) is 26.9 Å². The van der Waals surface area contributed by atoms with Gasteiger partial charge in [0.15, 0.2) is 6.61 Å². The zero-order valence-corrected chi connectivity index (χ0v) is 19.1. The van der Waals surface area contributed by atoms with Gasteiger partial charge in [-0.15, -0.1) is 0 Å². The van der Waals surface area contributed by atoms with Gasteiger partial charge in [-0.3, -0.25) is 14.9 Å². The summed E-state index contributed by atoms with van der Waals surface area (Å²) in [6, 6.07) is 8.98. The number of esters is 1. The van der Waals surface area contributed by atoms with Crippen LogP contribution in [0.2, 0.25) is 5.02 Å². The molecule has 0 atom stereocenters. The number of carbonyl (C=O) groups is 2. The Hall–Kier alpha value is -3.02. The fraction of sp³-hybridized carbons (Fsp3) is 0.333. The molecule has 3 rings (SSSR count). The van der Waals surface area contributed by atoms with Crippen molar-refractivity contribution in [2.24, 2.45) is 0 Å². The molecule has 0 bridgehead atoms. The second-order valence-corrected chi connectivity index (χ2v) is 9.74. The molecule has 2 aromatic carbocycles. The molecule has 0 radical (unpaired) electrons. The van der Waals surface area contributed by atoms with Crippen molar-refractivity contribution < 1.29 is 27.7 Å². The van der Waals surface area contributed by atoms with Crippen LogP contribution in [-0.2, 0) is 19.6 Å². The summed E-state index contributed by atoms with van der Waals surface area (Å²) in [5.41, 5.74) is -0.293. The molecule has 1 aliphatic heterocycles. The number of sulfonamides is 1. The number of anilines is 1. The van der Waals surface area contributed by atoms with Crippen LogP contribution in [0.1, 0.15) is 36.0 Å². The Morgan fingerprint density at radius 1 is 1.09 bits per heavy atom. The summed E-state index contributed by atoms with van der Waals surface area (Å²) < 4.78 is 32.3. The minimum Gasteiger partial charge on any atom is -0.452 e. The number of nitrogens with zero attached hydrogens (tertiary/aromatic N) is 2. The number of carbonyl (C=O) groups excluding carboxylic acids is 2. The Morgan fingerprint density at radius 3 is 2.45 bits per heavy atom. The quantitative estimate of drug-likeness (QED) is 0.352. The van der Waals surface area contributed by atoms with E-state index in [0.717, 1.165) is 31.7 Å². The number of halogens is 1. The second kappa shape index (κ2) is 10.7. The number of nitro benzene ring substituents is 1. The molecule has 2 aromatic rings. The minimum absolute atomic E-state index is 0.00236. The maximum absolute atomic E-state index is 12.9. The van der Waals surface area contributed by atoms with Crippen LogP contribution in [0.5, 0.6) is 0 Å². The van der Waals surface area contributed by atoms with E-state index in [2.05, 4.69) is 5.32 Å². The maximum Gasteiger partial charge on any atom is 0.338 e. The molecular weight excluding hydrogens is 474 g/mol. The molecule has 0 aliphatic carbocycles. The lowest BCUT2D eigenvalue weighted by Gasteiger charge is -2.20. The van der Waals surface area contributed by atoms with Crippen molar-refractivity contribution >= 4 is 44.9 Å². The average Bonchev–Trinajstić information content (AvgIpc) is 3.09. The van der Waals surface area contributed by atoms with Crippen molar-refractivity contribution in [2.75, 3.05) is 25.0 Å². The lowest BCUT2D eigenvalue weighted by molar-refractivity contribution is -0.384. The predicted molar refractivity (Wildman–Crippen MR) is 121 cm³/mol. The van der Waals surface area contributed by atoms with E-state index >= 15 is 0 Å². The molecule has 0 spiro atoms. The Kier molecular flexibility index (Phi) is 8.01. The molecular formula is C21H22ClN3O7S. The van der Waals surface area contributed by atoms with Crippen LogP contribution in [0, 0.1) is 10.1 Å². The van der Waals surface area contributed by atoms with Gasteiger partial charge >= 0.3 is 5.97 Å². The number of hydrogen-bond donors (Lipinski definition) is 1. The van der Waals surface area contributed by atoms with E-state index in [4.69, 9.17) is 16.3 Å². The molecule has 10 nitrogen and oxygen atoms in total. The Balaban J connectivity index is 1.65. The number of ether oxygens (including phenoxy) is 1. The molecule has 176 valence electrons. The number of rotatable bonds is 7. The van der Waals surface area contributed by atoms with Gasteiger partial charge in [-0.2, -0.15) is 4.31 Å². The second-order valence-electron chi connectivity index (χ2n) is 7.39. The molecule has 1 fully saturated rings. The highest BCUT2D eigenvalue weighted by Gasteiger charge is 2.26. The van der Waals surface area contributed by atoms with E-state index < -0.39 is 33.4 Å². The van der Waals surface area contributed by atoms with Gasteiger partial charge in [0.1, 0.15) is 0 Å². The topological polar surface area (TPSA) is 136 Å². The van der Waals surface area contributed by atoms with Crippen LogP contribution in [0.25, 0.3) is 0 Å². The fourth-order valence-corrected chi connectivity index (χ4v) is 5.07. The number of hydrogen-bond acceptors (Lipinski definition) is 7. The zero-order valence-electron chi connectivity index (χ0n) is 17.5. The molecule has 1 aliphatic rings. The standard InChI is InChI=1S/C21H22ClN3O7S/c22-18-9-8-16(25(28)29)13-19(18)23-20(26)14-32-21(27)15-6-5-7-17(12-15)33(30,31)24-10-3-1-2-4-11-24/h5-9,12-13H,1-4,10-11,14H2,(H,23,26). The zero-order chi connectivity index (χ0) is 24.0. The maximum atomic E-state index is 12.9. The minimum atomic E-state index is -3.75. The van der Waals surface area contributed by atoms with Gasteiger partial charge in [-0.25, -0.2) is 13.2 Å². The summed E-state index contributed by atoms with van der Waals surface area (Å²) >= 11 is 5.93. The summed E-state index contributed by atoms with van der Waals surface area (Å²) in [5, 5.41) is 13.3. The van der Waals surface area contributed by atoms with Gasteiger partial charge in [0.2, 0.25) is 10.0 Å². The third-order valence-corrected chi connectivity index (χ3v) is 7.27. The summed E-state index contributed by atoms with van der Waals surface area (Å²) in [6.07, 6.45) is 3.51. The van der Waals surface area contributed by atoms with E-state index in [0.29, 0.717) is 13.1 Å². The molecule has 12 heteroatoms. The molecule has 0 saturated carbocycles. The first kappa shape index (κ1) is 24.6. The summed E-state index contributed by atoms with van der Waals surface area (Å²) in [6.45, 7) is 0.162. The van der Waals surface area contributed by atoms with Crippen LogP contribution >= 0.6 is 11.6 Å². The average molecular weight is 496 g/mol. The van der Waals surface area contributed by atoms with Crippen LogP contribution in [0.4, 0.5) is 11.4 Å². The molecule has 1 N–H and O–H groups in total. The molecule has 33 heavy (non-hydrogen) atoms. The summed E-state index contributed by atoms with van der Waals surface area (Å²) in [7, 11) is -3.75. The van der Waals surface area contributed by atoms with Gasteiger partial charge in [-0.05, 0) is 37.1 Å². The van der Waals surface area contributed by atoms with Crippen LogP contribution < -0.4 is 5.32 Å². The van der Waals surface area contributed by atoms with Crippen LogP contribution in [0.15, 0.2) is 47.4 Å². The first-order chi connectivity index (χ1) is 15.7. The van der Waals surface area contributed by atoms with Crippen molar-refractivity contribution in [3.05, 3.63) is 63.2 Å². The van der Waals surface area contributed by atoms with E-state index in [1.54, 1.807) is 0 Å². The summed E-state index contributed by atoms with van der Waals surface area (Å²) in [4.78, 5) is 34.7. The van der Waals surface area contributed by atoms with Crippen molar-refractivity contribution in [1.29, 1.82) is 0 Å². The first-order valence-electron chi connectivity index (χ1n) is 10.2. The number of nitro groups is 1. The smallest absolute Gasteiger partial charge is 0.338 e. The summed E-state index contributed by atoms with van der Waals surface area (Å²) in [5.74, 6) is -1.65.